The molecule has 7 nitrogen and oxygen atoms in total. The van der Waals surface area contributed by atoms with Crippen LogP contribution in [0.4, 0.5) is 26.0 Å². The summed E-state index contributed by atoms with van der Waals surface area (Å²) < 4.78 is 31.6. The monoisotopic (exact) mass is 396 g/mol. The molecule has 1 aromatic carbocycles. The number of hydrogen-bond donors (Lipinski definition) is 3. The lowest BCUT2D eigenvalue weighted by Gasteiger charge is -2.17. The van der Waals surface area contributed by atoms with Gasteiger partial charge in [0, 0.05) is 37.6 Å². The number of nitrogens with one attached hydrogen (secondary N) is 2. The Morgan fingerprint density at radius 3 is 2.62 bits per heavy atom. The van der Waals surface area contributed by atoms with Crippen LogP contribution in [0, 0.1) is 23.0 Å². The minimum Gasteiger partial charge on any atom is -0.396 e. The number of nitrogens with zero attached hydrogens (tertiary/aromatic N) is 3. The Bertz CT molecular complexity index is 1180. The van der Waals surface area contributed by atoms with E-state index in [9.17, 15) is 9.18 Å². The first-order valence-electron chi connectivity index (χ1n) is 9.16. The number of rotatable bonds is 6. The van der Waals surface area contributed by atoms with Crippen LogP contribution in [0.2, 0.25) is 0 Å². The molecule has 1 aliphatic carbocycles. The van der Waals surface area contributed by atoms with Crippen LogP contribution in [-0.4, -0.2) is 22.6 Å². The highest BCUT2D eigenvalue weighted by molar-refractivity contribution is 5.95. The van der Waals surface area contributed by atoms with E-state index in [4.69, 9.17) is 11.0 Å². The number of halogens is 2. The third-order valence-electron chi connectivity index (χ3n) is 4.85. The average Bonchev–Trinajstić information content (AvgIpc) is 3.57. The molecule has 2 aromatic heterocycles. The number of nitrogen functional groups attached to an aromatic ring is 1. The van der Waals surface area contributed by atoms with Gasteiger partial charge in [0.25, 0.3) is 0 Å². The van der Waals surface area contributed by atoms with E-state index < -0.39 is 17.1 Å². The molecule has 1 aliphatic rings. The van der Waals surface area contributed by atoms with Gasteiger partial charge in [-0.05, 0) is 25.0 Å². The predicted octanol–water partition coefficient (Wildman–Crippen LogP) is 2.99. The molecule has 0 aliphatic heterocycles. The number of aromatic nitrogens is 2. The third-order valence-corrected chi connectivity index (χ3v) is 4.85. The van der Waals surface area contributed by atoms with Crippen LogP contribution in [0.25, 0.3) is 10.9 Å². The average molecular weight is 396 g/mol. The number of pyridine rings is 2. The summed E-state index contributed by atoms with van der Waals surface area (Å²) in [5.41, 5.74) is 5.10. The van der Waals surface area contributed by atoms with Gasteiger partial charge in [-0.3, -0.25) is 4.79 Å². The van der Waals surface area contributed by atoms with Crippen molar-refractivity contribution in [2.45, 2.75) is 18.9 Å². The number of fused-ring (bicyclic) bond motifs is 1. The third kappa shape index (κ3) is 3.45. The van der Waals surface area contributed by atoms with Gasteiger partial charge in [0.1, 0.15) is 17.6 Å². The zero-order chi connectivity index (χ0) is 20.5. The number of hydrogen-bond acceptors (Lipinski definition) is 6. The number of benzene rings is 1. The lowest BCUT2D eigenvalue weighted by molar-refractivity contribution is 0.591. The first-order chi connectivity index (χ1) is 14.0. The first kappa shape index (κ1) is 18.7. The van der Waals surface area contributed by atoms with Gasteiger partial charge < -0.3 is 20.9 Å². The van der Waals surface area contributed by atoms with Gasteiger partial charge in [-0.25, -0.2) is 13.8 Å². The van der Waals surface area contributed by atoms with Gasteiger partial charge in [0.15, 0.2) is 17.1 Å². The minimum atomic E-state index is -0.975. The molecule has 0 unspecified atom stereocenters. The topological polar surface area (TPSA) is 109 Å². The number of nitriles is 1. The van der Waals surface area contributed by atoms with Crippen molar-refractivity contribution >= 4 is 28.1 Å². The fourth-order valence-electron chi connectivity index (χ4n) is 3.25. The fraction of sp³-hybridized carbons (Fsp3) is 0.250. The molecule has 0 saturated heterocycles. The van der Waals surface area contributed by atoms with E-state index in [0.717, 1.165) is 12.8 Å². The summed E-state index contributed by atoms with van der Waals surface area (Å²) in [6.45, 7) is 0.501. The van der Waals surface area contributed by atoms with Crippen LogP contribution in [0.1, 0.15) is 24.4 Å². The zero-order valence-electron chi connectivity index (χ0n) is 15.4. The number of anilines is 3. The van der Waals surface area contributed by atoms with Crippen LogP contribution < -0.4 is 21.8 Å². The summed E-state index contributed by atoms with van der Waals surface area (Å²) in [7, 11) is 0. The summed E-state index contributed by atoms with van der Waals surface area (Å²) in [6.07, 6.45) is 4.71. The zero-order valence-corrected chi connectivity index (χ0v) is 15.4. The molecule has 2 heterocycles. The van der Waals surface area contributed by atoms with Gasteiger partial charge in [-0.15, -0.1) is 0 Å². The first-order valence-corrected chi connectivity index (χ1v) is 9.16. The standard InChI is InChI=1S/C20H18F2N6O/c21-16-18(24)15-13(29)5-8-28(12-2-3-12)20(15)17(22)19(16)26-7-6-25-14-4-1-11(9-23)10-27-14/h1,4-5,8,10,12,26H,2-3,6-7,24H2,(H,25,27). The Kier molecular flexibility index (Phi) is 4.76. The maximum absolute atomic E-state index is 15.2. The molecule has 29 heavy (non-hydrogen) atoms. The summed E-state index contributed by atoms with van der Waals surface area (Å²) in [4.78, 5) is 16.3. The van der Waals surface area contributed by atoms with E-state index in [2.05, 4.69) is 15.6 Å². The highest BCUT2D eigenvalue weighted by Crippen LogP contribution is 2.40. The van der Waals surface area contributed by atoms with Crippen molar-refractivity contribution in [3.63, 3.8) is 0 Å². The Balaban J connectivity index is 1.58. The van der Waals surface area contributed by atoms with Crippen LogP contribution in [-0.2, 0) is 0 Å². The Labute approximate surface area is 164 Å². The van der Waals surface area contributed by atoms with Gasteiger partial charge in [0.05, 0.1) is 22.2 Å². The van der Waals surface area contributed by atoms with Crippen molar-refractivity contribution in [1.82, 2.24) is 9.55 Å². The Morgan fingerprint density at radius 1 is 1.21 bits per heavy atom. The smallest absolute Gasteiger partial charge is 0.191 e. The van der Waals surface area contributed by atoms with Crippen molar-refractivity contribution in [2.24, 2.45) is 0 Å². The van der Waals surface area contributed by atoms with Gasteiger partial charge in [0.2, 0.25) is 0 Å². The highest BCUT2D eigenvalue weighted by atomic mass is 19.1. The quantitative estimate of drug-likeness (QED) is 0.437. The summed E-state index contributed by atoms with van der Waals surface area (Å²) >= 11 is 0. The van der Waals surface area contributed by atoms with Crippen molar-refractivity contribution < 1.29 is 8.78 Å². The van der Waals surface area contributed by atoms with E-state index in [1.165, 1.54) is 18.5 Å². The lowest BCUT2D eigenvalue weighted by atomic mass is 10.1. The molecule has 4 N–H and O–H groups in total. The summed E-state index contributed by atoms with van der Waals surface area (Å²) in [6, 6.07) is 6.61. The predicted molar refractivity (Wildman–Crippen MR) is 107 cm³/mol. The molecular weight excluding hydrogens is 378 g/mol. The molecule has 4 rings (SSSR count). The second kappa shape index (κ2) is 7.39. The molecule has 0 amide bonds. The normalized spacial score (nSPS) is 13.3. The van der Waals surface area contributed by atoms with Gasteiger partial charge in [-0.2, -0.15) is 5.26 Å². The van der Waals surface area contributed by atoms with Crippen LogP contribution in [0.15, 0.2) is 35.4 Å². The molecule has 1 fully saturated rings. The summed E-state index contributed by atoms with van der Waals surface area (Å²) in [5, 5.41) is 14.4. The number of nitrogens with two attached hydrogens (primary N) is 1. The van der Waals surface area contributed by atoms with Crippen molar-refractivity contribution in [1.29, 1.82) is 5.26 Å². The molecule has 0 radical (unpaired) electrons. The van der Waals surface area contributed by atoms with Crippen LogP contribution >= 0.6 is 0 Å². The van der Waals surface area contributed by atoms with Crippen molar-refractivity contribution in [3.8, 4) is 6.07 Å². The molecule has 0 bridgehead atoms. The fourth-order valence-corrected chi connectivity index (χ4v) is 3.25. The van der Waals surface area contributed by atoms with Crippen LogP contribution in [0.5, 0.6) is 0 Å². The molecule has 0 atom stereocenters. The Morgan fingerprint density at radius 2 is 1.97 bits per heavy atom. The largest absolute Gasteiger partial charge is 0.396 e. The van der Waals surface area contributed by atoms with E-state index >= 15 is 4.39 Å². The summed E-state index contributed by atoms with van der Waals surface area (Å²) in [5.74, 6) is -1.27. The lowest BCUT2D eigenvalue weighted by Crippen LogP contribution is -2.18. The second-order valence-corrected chi connectivity index (χ2v) is 6.86. The highest BCUT2D eigenvalue weighted by Gasteiger charge is 2.29. The molecule has 148 valence electrons. The Hall–Kier alpha value is -3.67. The van der Waals surface area contributed by atoms with Crippen molar-refractivity contribution in [3.05, 3.63) is 58.0 Å². The maximum atomic E-state index is 15.2. The van der Waals surface area contributed by atoms with E-state index in [1.54, 1.807) is 16.7 Å². The van der Waals surface area contributed by atoms with E-state index in [-0.39, 0.29) is 34.9 Å². The van der Waals surface area contributed by atoms with Gasteiger partial charge >= 0.3 is 0 Å². The molecule has 9 heteroatoms. The van der Waals surface area contributed by atoms with E-state index in [1.807, 2.05) is 6.07 Å². The van der Waals surface area contributed by atoms with Gasteiger partial charge in [-0.1, -0.05) is 0 Å². The molecule has 3 aromatic rings. The second-order valence-electron chi connectivity index (χ2n) is 6.86. The van der Waals surface area contributed by atoms with Crippen LogP contribution in [0.3, 0.4) is 0 Å². The molecular formula is C20H18F2N6O. The van der Waals surface area contributed by atoms with Crippen molar-refractivity contribution in [2.75, 3.05) is 29.5 Å². The minimum absolute atomic E-state index is 0.0307. The molecule has 1 saturated carbocycles. The maximum Gasteiger partial charge on any atom is 0.191 e. The SMILES string of the molecule is N#Cc1ccc(NCCNc2c(F)c(N)c3c(=O)ccn(C4CC4)c3c2F)nc1. The molecule has 0 spiro atoms. The van der Waals surface area contributed by atoms with E-state index in [0.29, 0.717) is 17.9 Å².